The fourth-order valence-electron chi connectivity index (χ4n) is 2.65. The number of nitrogens with one attached hydrogen (secondary N) is 2. The molecule has 0 radical (unpaired) electrons. The first-order chi connectivity index (χ1) is 12.2. The highest BCUT2D eigenvalue weighted by Crippen LogP contribution is 2.24. The van der Waals surface area contributed by atoms with Crippen molar-refractivity contribution in [3.05, 3.63) is 59.2 Å². The average molecular weight is 469 g/mol. The highest BCUT2D eigenvalue weighted by molar-refractivity contribution is 14.0. The monoisotopic (exact) mass is 469 g/mol. The van der Waals surface area contributed by atoms with Crippen LogP contribution in [0.3, 0.4) is 0 Å². The van der Waals surface area contributed by atoms with Gasteiger partial charge in [-0.1, -0.05) is 31.2 Å². The first-order valence-corrected chi connectivity index (χ1v) is 8.44. The molecule has 26 heavy (non-hydrogen) atoms. The van der Waals surface area contributed by atoms with Gasteiger partial charge in [-0.05, 0) is 29.7 Å². The molecule has 2 aromatic carbocycles. The summed E-state index contributed by atoms with van der Waals surface area (Å²) >= 11 is 0. The molecule has 6 heteroatoms. The predicted molar refractivity (Wildman–Crippen MR) is 118 cm³/mol. The topological polar surface area (TPSA) is 54.9 Å². The fourth-order valence-corrected chi connectivity index (χ4v) is 2.65. The van der Waals surface area contributed by atoms with Crippen molar-refractivity contribution in [3.8, 4) is 11.5 Å². The van der Waals surface area contributed by atoms with Gasteiger partial charge in [-0.15, -0.1) is 24.0 Å². The number of halogens is 1. The van der Waals surface area contributed by atoms with Crippen molar-refractivity contribution in [2.75, 3.05) is 21.3 Å². The number of rotatable bonds is 7. The van der Waals surface area contributed by atoms with E-state index >= 15 is 0 Å². The zero-order valence-electron chi connectivity index (χ0n) is 15.8. The second-order valence-corrected chi connectivity index (χ2v) is 5.58. The molecule has 0 heterocycles. The summed E-state index contributed by atoms with van der Waals surface area (Å²) in [6.07, 6.45) is 1.02. The smallest absolute Gasteiger partial charge is 0.191 e. The number of ether oxygens (including phenoxy) is 2. The first-order valence-electron chi connectivity index (χ1n) is 8.44. The molecule has 5 nitrogen and oxygen atoms in total. The number of methoxy groups -OCH3 is 2. The Morgan fingerprint density at radius 1 is 0.923 bits per heavy atom. The normalized spacial score (nSPS) is 10.7. The molecule has 0 saturated heterocycles. The van der Waals surface area contributed by atoms with Gasteiger partial charge >= 0.3 is 0 Å². The Labute approximate surface area is 173 Å². The quantitative estimate of drug-likeness (QED) is 0.369. The zero-order valence-corrected chi connectivity index (χ0v) is 18.2. The van der Waals surface area contributed by atoms with E-state index in [1.165, 1.54) is 11.1 Å². The summed E-state index contributed by atoms with van der Waals surface area (Å²) in [5.41, 5.74) is 3.68. The van der Waals surface area contributed by atoms with Crippen molar-refractivity contribution in [1.82, 2.24) is 10.6 Å². The SMILES string of the molecule is CCc1ccccc1CNC(=NC)NCc1ccc(OC)cc1OC.I. The maximum absolute atomic E-state index is 5.43. The molecule has 0 saturated carbocycles. The molecule has 0 unspecified atom stereocenters. The average Bonchev–Trinajstić information content (AvgIpc) is 2.68. The van der Waals surface area contributed by atoms with Gasteiger partial charge in [0, 0.05) is 31.8 Å². The molecule has 2 rings (SSSR count). The van der Waals surface area contributed by atoms with Crippen LogP contribution in [0.25, 0.3) is 0 Å². The second-order valence-electron chi connectivity index (χ2n) is 5.58. The Bertz CT molecular complexity index is 720. The van der Waals surface area contributed by atoms with Crippen molar-refractivity contribution in [2.24, 2.45) is 4.99 Å². The Morgan fingerprint density at radius 3 is 2.15 bits per heavy atom. The maximum Gasteiger partial charge on any atom is 0.191 e. The minimum absolute atomic E-state index is 0. The van der Waals surface area contributed by atoms with Gasteiger partial charge in [-0.2, -0.15) is 0 Å². The van der Waals surface area contributed by atoms with Gasteiger partial charge in [0.2, 0.25) is 0 Å². The highest BCUT2D eigenvalue weighted by atomic mass is 127. The molecule has 0 aromatic heterocycles. The van der Waals surface area contributed by atoms with Crippen LogP contribution in [-0.4, -0.2) is 27.2 Å². The predicted octanol–water partition coefficient (Wildman–Crippen LogP) is 3.75. The van der Waals surface area contributed by atoms with Gasteiger partial charge < -0.3 is 20.1 Å². The third-order valence-corrected chi connectivity index (χ3v) is 4.11. The first kappa shape index (κ1) is 22.1. The second kappa shape index (κ2) is 11.6. The molecule has 0 aliphatic rings. The number of nitrogens with zero attached hydrogens (tertiary/aromatic N) is 1. The number of aliphatic imine (C=N–C) groups is 1. The van der Waals surface area contributed by atoms with Crippen LogP contribution in [0.15, 0.2) is 47.5 Å². The number of benzene rings is 2. The van der Waals surface area contributed by atoms with Crippen molar-refractivity contribution in [2.45, 2.75) is 26.4 Å². The lowest BCUT2D eigenvalue weighted by Crippen LogP contribution is -2.36. The van der Waals surface area contributed by atoms with Crippen molar-refractivity contribution < 1.29 is 9.47 Å². The molecule has 0 bridgehead atoms. The molecular formula is C20H28IN3O2. The minimum Gasteiger partial charge on any atom is -0.497 e. The summed E-state index contributed by atoms with van der Waals surface area (Å²) in [5, 5.41) is 6.69. The van der Waals surface area contributed by atoms with E-state index in [1.54, 1.807) is 21.3 Å². The van der Waals surface area contributed by atoms with Gasteiger partial charge in [0.15, 0.2) is 5.96 Å². The van der Waals surface area contributed by atoms with Crippen LogP contribution >= 0.6 is 24.0 Å². The van der Waals surface area contributed by atoms with Gasteiger partial charge in [0.05, 0.1) is 14.2 Å². The number of hydrogen-bond donors (Lipinski definition) is 2. The lowest BCUT2D eigenvalue weighted by molar-refractivity contribution is 0.390. The summed E-state index contributed by atoms with van der Waals surface area (Å²) in [7, 11) is 5.08. The standard InChI is InChI=1S/C20H27N3O2.HI/c1-5-15-8-6-7-9-16(15)13-22-20(21-2)23-14-17-10-11-18(24-3)12-19(17)25-4;/h6-12H,5,13-14H2,1-4H3,(H2,21,22,23);1H. The maximum atomic E-state index is 5.43. The zero-order chi connectivity index (χ0) is 18.1. The summed E-state index contributed by atoms with van der Waals surface area (Å²) in [4.78, 5) is 4.29. The van der Waals surface area contributed by atoms with Crippen molar-refractivity contribution in [3.63, 3.8) is 0 Å². The molecule has 142 valence electrons. The molecule has 0 fully saturated rings. The third-order valence-electron chi connectivity index (χ3n) is 4.11. The van der Waals surface area contributed by atoms with Crippen LogP contribution in [-0.2, 0) is 19.5 Å². The van der Waals surface area contributed by atoms with E-state index in [0.717, 1.165) is 36.0 Å². The molecule has 0 atom stereocenters. The molecule has 0 aliphatic heterocycles. The third kappa shape index (κ3) is 6.09. The summed E-state index contributed by atoms with van der Waals surface area (Å²) in [6.45, 7) is 3.52. The summed E-state index contributed by atoms with van der Waals surface area (Å²) in [5.74, 6) is 2.32. The van der Waals surface area contributed by atoms with Crippen molar-refractivity contribution >= 4 is 29.9 Å². The minimum atomic E-state index is 0. The van der Waals surface area contributed by atoms with E-state index < -0.39 is 0 Å². The lowest BCUT2D eigenvalue weighted by Gasteiger charge is -2.15. The molecule has 0 spiro atoms. The van der Waals surface area contributed by atoms with Crippen LogP contribution in [0.4, 0.5) is 0 Å². The Kier molecular flexibility index (Phi) is 9.87. The lowest BCUT2D eigenvalue weighted by atomic mass is 10.1. The summed E-state index contributed by atoms with van der Waals surface area (Å²) < 4.78 is 10.7. The van der Waals surface area contributed by atoms with Crippen molar-refractivity contribution in [1.29, 1.82) is 0 Å². The Balaban J connectivity index is 0.00000338. The van der Waals surface area contributed by atoms with Crippen LogP contribution in [0.5, 0.6) is 11.5 Å². The largest absolute Gasteiger partial charge is 0.497 e. The van der Waals surface area contributed by atoms with Gasteiger partial charge in [0.25, 0.3) is 0 Å². The Morgan fingerprint density at radius 2 is 1.58 bits per heavy atom. The van der Waals surface area contributed by atoms with E-state index in [2.05, 4.69) is 46.8 Å². The van der Waals surface area contributed by atoms with Gasteiger partial charge in [-0.3, -0.25) is 4.99 Å². The van der Waals surface area contributed by atoms with E-state index in [-0.39, 0.29) is 24.0 Å². The molecule has 2 aromatic rings. The van der Waals surface area contributed by atoms with Crippen LogP contribution < -0.4 is 20.1 Å². The number of hydrogen-bond acceptors (Lipinski definition) is 3. The van der Waals surface area contributed by atoms with Gasteiger partial charge in [0.1, 0.15) is 11.5 Å². The number of aryl methyl sites for hydroxylation is 1. The summed E-state index contributed by atoms with van der Waals surface area (Å²) in [6, 6.07) is 14.2. The van der Waals surface area contributed by atoms with Crippen LogP contribution in [0.2, 0.25) is 0 Å². The van der Waals surface area contributed by atoms with E-state index in [9.17, 15) is 0 Å². The Hall–Kier alpha value is -1.96. The number of guanidine groups is 1. The molecule has 2 N–H and O–H groups in total. The van der Waals surface area contributed by atoms with Crippen LogP contribution in [0.1, 0.15) is 23.6 Å². The van der Waals surface area contributed by atoms with E-state index in [0.29, 0.717) is 6.54 Å². The van der Waals surface area contributed by atoms with Crippen LogP contribution in [0, 0.1) is 0 Å². The van der Waals surface area contributed by atoms with E-state index in [4.69, 9.17) is 9.47 Å². The van der Waals surface area contributed by atoms with Gasteiger partial charge in [-0.25, -0.2) is 0 Å². The molecule has 0 amide bonds. The highest BCUT2D eigenvalue weighted by Gasteiger charge is 2.07. The molecule has 0 aliphatic carbocycles. The van der Waals surface area contributed by atoms with E-state index in [1.807, 2.05) is 18.2 Å². The fraction of sp³-hybridized carbons (Fsp3) is 0.350. The molecular weight excluding hydrogens is 441 g/mol.